The SMILES string of the molecule is CN(C(=O)C1CC1)C1CCN(Cc2cccc(Br)c2)CC1. The molecule has 2 fully saturated rings. The number of hydrogen-bond acceptors (Lipinski definition) is 2. The quantitative estimate of drug-likeness (QED) is 0.831. The van der Waals surface area contributed by atoms with Crippen LogP contribution in [-0.4, -0.2) is 41.9 Å². The summed E-state index contributed by atoms with van der Waals surface area (Å²) in [5.74, 6) is 0.718. The third-order valence-electron chi connectivity index (χ3n) is 4.67. The number of nitrogens with zero attached hydrogens (tertiary/aromatic N) is 2. The molecule has 1 heterocycles. The van der Waals surface area contributed by atoms with E-state index in [1.54, 1.807) is 0 Å². The average Bonchev–Trinajstić information content (AvgIpc) is 3.31. The molecule has 0 bridgehead atoms. The van der Waals surface area contributed by atoms with Gasteiger partial charge >= 0.3 is 0 Å². The maximum absolute atomic E-state index is 12.1. The molecule has 0 radical (unpaired) electrons. The Kier molecular flexibility index (Phi) is 4.65. The Morgan fingerprint density at radius 1 is 1.29 bits per heavy atom. The van der Waals surface area contributed by atoms with Gasteiger partial charge in [-0.2, -0.15) is 0 Å². The summed E-state index contributed by atoms with van der Waals surface area (Å²) < 4.78 is 1.14. The van der Waals surface area contributed by atoms with Crippen molar-refractivity contribution in [3.63, 3.8) is 0 Å². The lowest BCUT2D eigenvalue weighted by Gasteiger charge is -2.37. The van der Waals surface area contributed by atoms with Gasteiger partial charge in [0, 0.05) is 43.1 Å². The molecule has 0 unspecified atom stereocenters. The van der Waals surface area contributed by atoms with Crippen molar-refractivity contribution in [1.82, 2.24) is 9.80 Å². The van der Waals surface area contributed by atoms with Gasteiger partial charge in [0.05, 0.1) is 0 Å². The molecular formula is C17H23BrN2O. The Morgan fingerprint density at radius 2 is 2.00 bits per heavy atom. The van der Waals surface area contributed by atoms with E-state index in [1.165, 1.54) is 5.56 Å². The van der Waals surface area contributed by atoms with Crippen LogP contribution in [0.4, 0.5) is 0 Å². The van der Waals surface area contributed by atoms with Gasteiger partial charge < -0.3 is 4.90 Å². The third-order valence-corrected chi connectivity index (χ3v) is 5.17. The van der Waals surface area contributed by atoms with Crippen molar-refractivity contribution in [2.45, 2.75) is 38.3 Å². The molecular weight excluding hydrogens is 328 g/mol. The van der Waals surface area contributed by atoms with Gasteiger partial charge in [0.1, 0.15) is 0 Å². The van der Waals surface area contributed by atoms with Crippen LogP contribution in [-0.2, 0) is 11.3 Å². The largest absolute Gasteiger partial charge is 0.342 e. The molecule has 0 aromatic heterocycles. The van der Waals surface area contributed by atoms with E-state index in [9.17, 15) is 4.79 Å². The van der Waals surface area contributed by atoms with Crippen molar-refractivity contribution in [1.29, 1.82) is 0 Å². The summed E-state index contributed by atoms with van der Waals surface area (Å²) in [6.45, 7) is 3.17. The highest BCUT2D eigenvalue weighted by Crippen LogP contribution is 2.32. The van der Waals surface area contributed by atoms with Gasteiger partial charge in [-0.15, -0.1) is 0 Å². The molecule has 3 rings (SSSR count). The van der Waals surface area contributed by atoms with Crippen LogP contribution in [0.1, 0.15) is 31.2 Å². The second-order valence-electron chi connectivity index (χ2n) is 6.36. The van der Waals surface area contributed by atoms with Crippen LogP contribution in [0, 0.1) is 5.92 Å². The van der Waals surface area contributed by atoms with Gasteiger partial charge in [0.2, 0.25) is 5.91 Å². The fourth-order valence-electron chi connectivity index (χ4n) is 3.16. The van der Waals surface area contributed by atoms with Crippen molar-refractivity contribution in [3.05, 3.63) is 34.3 Å². The minimum absolute atomic E-state index is 0.342. The number of carbonyl (C=O) groups excluding carboxylic acids is 1. The monoisotopic (exact) mass is 350 g/mol. The number of likely N-dealkylation sites (tertiary alicyclic amines) is 1. The van der Waals surface area contributed by atoms with Crippen molar-refractivity contribution in [2.24, 2.45) is 5.92 Å². The lowest BCUT2D eigenvalue weighted by Crippen LogP contribution is -2.45. The number of piperidine rings is 1. The van der Waals surface area contributed by atoms with E-state index in [2.05, 4.69) is 45.1 Å². The first-order chi connectivity index (χ1) is 10.1. The van der Waals surface area contributed by atoms with E-state index in [0.717, 1.165) is 49.8 Å². The Morgan fingerprint density at radius 3 is 2.62 bits per heavy atom. The zero-order valence-electron chi connectivity index (χ0n) is 12.6. The van der Waals surface area contributed by atoms with E-state index < -0.39 is 0 Å². The Labute approximate surface area is 135 Å². The molecule has 1 aliphatic heterocycles. The minimum atomic E-state index is 0.342. The minimum Gasteiger partial charge on any atom is -0.342 e. The number of halogens is 1. The topological polar surface area (TPSA) is 23.6 Å². The average molecular weight is 351 g/mol. The molecule has 1 saturated carbocycles. The van der Waals surface area contributed by atoms with Gasteiger partial charge in [-0.25, -0.2) is 0 Å². The maximum Gasteiger partial charge on any atom is 0.225 e. The summed E-state index contributed by atoms with van der Waals surface area (Å²) in [5.41, 5.74) is 1.35. The van der Waals surface area contributed by atoms with Crippen LogP contribution in [0.3, 0.4) is 0 Å². The Hall–Kier alpha value is -0.870. The Balaban J connectivity index is 1.49. The van der Waals surface area contributed by atoms with Crippen LogP contribution in [0.15, 0.2) is 28.7 Å². The summed E-state index contributed by atoms with van der Waals surface area (Å²) >= 11 is 3.53. The van der Waals surface area contributed by atoms with Crippen LogP contribution in [0.2, 0.25) is 0 Å². The first-order valence-electron chi connectivity index (χ1n) is 7.87. The van der Waals surface area contributed by atoms with E-state index in [-0.39, 0.29) is 0 Å². The molecule has 1 amide bonds. The molecule has 1 aromatic carbocycles. The van der Waals surface area contributed by atoms with Gasteiger partial charge in [0.15, 0.2) is 0 Å². The molecule has 0 N–H and O–H groups in total. The zero-order valence-corrected chi connectivity index (χ0v) is 14.2. The van der Waals surface area contributed by atoms with Crippen molar-refractivity contribution < 1.29 is 4.79 Å². The summed E-state index contributed by atoms with van der Waals surface area (Å²) in [6.07, 6.45) is 4.40. The van der Waals surface area contributed by atoms with E-state index in [1.807, 2.05) is 11.9 Å². The number of benzene rings is 1. The number of carbonyl (C=O) groups is 1. The van der Waals surface area contributed by atoms with E-state index >= 15 is 0 Å². The van der Waals surface area contributed by atoms with Crippen molar-refractivity contribution in [2.75, 3.05) is 20.1 Å². The molecule has 4 heteroatoms. The lowest BCUT2D eigenvalue weighted by molar-refractivity contribution is -0.134. The van der Waals surface area contributed by atoms with Gasteiger partial charge in [-0.05, 0) is 43.4 Å². The fourth-order valence-corrected chi connectivity index (χ4v) is 3.60. The predicted molar refractivity (Wildman–Crippen MR) is 87.9 cm³/mol. The van der Waals surface area contributed by atoms with Crippen LogP contribution in [0.25, 0.3) is 0 Å². The summed E-state index contributed by atoms with van der Waals surface area (Å²) in [7, 11) is 2.00. The summed E-state index contributed by atoms with van der Waals surface area (Å²) in [4.78, 5) is 16.6. The first kappa shape index (κ1) is 15.0. The number of hydrogen-bond donors (Lipinski definition) is 0. The zero-order chi connectivity index (χ0) is 14.8. The van der Waals surface area contributed by atoms with Gasteiger partial charge in [0.25, 0.3) is 0 Å². The molecule has 1 aromatic rings. The van der Waals surface area contributed by atoms with Crippen LogP contribution >= 0.6 is 15.9 Å². The second kappa shape index (κ2) is 6.49. The van der Waals surface area contributed by atoms with Gasteiger partial charge in [-0.3, -0.25) is 9.69 Å². The highest BCUT2D eigenvalue weighted by Gasteiger charge is 2.35. The normalized spacial score (nSPS) is 20.5. The Bertz CT molecular complexity index is 507. The number of rotatable bonds is 4. The van der Waals surface area contributed by atoms with Crippen LogP contribution < -0.4 is 0 Å². The predicted octanol–water partition coefficient (Wildman–Crippen LogP) is 3.28. The second-order valence-corrected chi connectivity index (χ2v) is 7.28. The summed E-state index contributed by atoms with van der Waals surface area (Å²) in [5, 5.41) is 0. The molecule has 3 nitrogen and oxygen atoms in total. The standard InChI is InChI=1S/C17H23BrN2O/c1-19(17(21)14-5-6-14)16-7-9-20(10-8-16)12-13-3-2-4-15(18)11-13/h2-4,11,14,16H,5-10,12H2,1H3. The lowest BCUT2D eigenvalue weighted by atomic mass is 10.0. The van der Waals surface area contributed by atoms with Crippen molar-refractivity contribution >= 4 is 21.8 Å². The highest BCUT2D eigenvalue weighted by atomic mass is 79.9. The number of amides is 1. The molecule has 21 heavy (non-hydrogen) atoms. The van der Waals surface area contributed by atoms with Crippen molar-refractivity contribution in [3.8, 4) is 0 Å². The molecule has 2 aliphatic rings. The molecule has 0 spiro atoms. The molecule has 0 atom stereocenters. The fraction of sp³-hybridized carbons (Fsp3) is 0.588. The van der Waals surface area contributed by atoms with Gasteiger partial charge in [-0.1, -0.05) is 28.1 Å². The molecule has 1 aliphatic carbocycles. The molecule has 114 valence electrons. The molecule has 1 saturated heterocycles. The van der Waals surface area contributed by atoms with Crippen LogP contribution in [0.5, 0.6) is 0 Å². The smallest absolute Gasteiger partial charge is 0.225 e. The van der Waals surface area contributed by atoms with E-state index in [4.69, 9.17) is 0 Å². The first-order valence-corrected chi connectivity index (χ1v) is 8.66. The highest BCUT2D eigenvalue weighted by molar-refractivity contribution is 9.10. The van der Waals surface area contributed by atoms with E-state index in [0.29, 0.717) is 17.9 Å². The third kappa shape index (κ3) is 3.86. The summed E-state index contributed by atoms with van der Waals surface area (Å²) in [6, 6.07) is 8.97. The maximum atomic E-state index is 12.1.